The molecule has 0 fully saturated rings. The minimum atomic E-state index is 0.307. The van der Waals surface area contributed by atoms with Crippen molar-refractivity contribution in [1.82, 2.24) is 4.98 Å². The average molecular weight is 299 g/mol. The second kappa shape index (κ2) is 5.03. The second-order valence-corrected chi connectivity index (χ2v) is 4.77. The van der Waals surface area contributed by atoms with Crippen LogP contribution in [0.1, 0.15) is 5.56 Å². The molecule has 3 nitrogen and oxygen atoms in total. The molecule has 0 atom stereocenters. The first-order valence-corrected chi connectivity index (χ1v) is 5.97. The summed E-state index contributed by atoms with van der Waals surface area (Å²) in [6, 6.07) is 6.62. The molecule has 0 radical (unpaired) electrons. The Morgan fingerprint density at radius 2 is 1.72 bits per heavy atom. The summed E-state index contributed by atoms with van der Waals surface area (Å²) in [5.74, 6) is 0. The molecule has 0 amide bonds. The molecule has 0 saturated heterocycles. The Morgan fingerprint density at radius 1 is 1.11 bits per heavy atom. The highest BCUT2D eigenvalue weighted by atomic mass is 35.5. The van der Waals surface area contributed by atoms with Crippen molar-refractivity contribution in [1.29, 1.82) is 5.26 Å². The Bertz CT molecular complexity index is 639. The fourth-order valence-corrected chi connectivity index (χ4v) is 2.53. The third-order valence-corrected chi connectivity index (χ3v) is 3.09. The van der Waals surface area contributed by atoms with Crippen LogP contribution in [0, 0.1) is 11.3 Å². The summed E-state index contributed by atoms with van der Waals surface area (Å²) >= 11 is 18.0. The van der Waals surface area contributed by atoms with E-state index in [0.717, 1.165) is 0 Å². The summed E-state index contributed by atoms with van der Waals surface area (Å²) < 4.78 is 0. The van der Waals surface area contributed by atoms with Crippen LogP contribution in [-0.4, -0.2) is 4.98 Å². The quantitative estimate of drug-likeness (QED) is 0.859. The number of nitrogens with zero attached hydrogens (tertiary/aromatic N) is 2. The number of rotatable bonds is 1. The molecule has 0 aliphatic heterocycles. The maximum atomic E-state index is 9.08. The molecule has 1 aromatic heterocycles. The lowest BCUT2D eigenvalue weighted by Gasteiger charge is -2.09. The average Bonchev–Trinajstić information content (AvgIpc) is 2.29. The summed E-state index contributed by atoms with van der Waals surface area (Å²) in [4.78, 5) is 4.11. The lowest BCUT2D eigenvalue weighted by atomic mass is 10.1. The van der Waals surface area contributed by atoms with Gasteiger partial charge in [-0.1, -0.05) is 34.8 Å². The predicted molar refractivity (Wildman–Crippen MR) is 73.8 cm³/mol. The standard InChI is InChI=1S/C12H6Cl3N3/c13-7-2-9(14)11(10(15)3-7)12-6(4-16)1-8(17)5-18-12/h1-3,5H,17H2. The number of halogens is 3. The van der Waals surface area contributed by atoms with Crippen LogP contribution in [0.2, 0.25) is 15.1 Å². The molecular formula is C12H6Cl3N3. The molecule has 1 heterocycles. The van der Waals surface area contributed by atoms with Crippen molar-refractivity contribution in [3.05, 3.63) is 45.0 Å². The molecule has 6 heteroatoms. The Morgan fingerprint density at radius 3 is 2.28 bits per heavy atom. The summed E-state index contributed by atoms with van der Waals surface area (Å²) in [7, 11) is 0. The van der Waals surface area contributed by atoms with Crippen molar-refractivity contribution in [2.45, 2.75) is 0 Å². The topological polar surface area (TPSA) is 62.7 Å². The van der Waals surface area contributed by atoms with Gasteiger partial charge in [0.25, 0.3) is 0 Å². The zero-order chi connectivity index (χ0) is 13.3. The van der Waals surface area contributed by atoms with Crippen molar-refractivity contribution in [3.8, 4) is 17.3 Å². The van der Waals surface area contributed by atoms with Gasteiger partial charge in [-0.15, -0.1) is 0 Å². The van der Waals surface area contributed by atoms with Gasteiger partial charge in [-0.25, -0.2) is 0 Å². The molecule has 0 bridgehead atoms. The molecule has 0 unspecified atom stereocenters. The largest absolute Gasteiger partial charge is 0.397 e. The molecule has 90 valence electrons. The van der Waals surface area contributed by atoms with E-state index in [1.165, 1.54) is 12.3 Å². The highest BCUT2D eigenvalue weighted by molar-refractivity contribution is 6.41. The lowest BCUT2D eigenvalue weighted by Crippen LogP contribution is -1.94. The van der Waals surface area contributed by atoms with Crippen LogP contribution >= 0.6 is 34.8 Å². The van der Waals surface area contributed by atoms with E-state index in [9.17, 15) is 0 Å². The number of nitrogens with two attached hydrogens (primary N) is 1. The van der Waals surface area contributed by atoms with Crippen molar-refractivity contribution >= 4 is 40.5 Å². The fourth-order valence-electron chi connectivity index (χ4n) is 1.53. The van der Waals surface area contributed by atoms with Crippen molar-refractivity contribution in [2.75, 3.05) is 5.73 Å². The van der Waals surface area contributed by atoms with Crippen LogP contribution in [-0.2, 0) is 0 Å². The zero-order valence-corrected chi connectivity index (χ0v) is 11.2. The SMILES string of the molecule is N#Cc1cc(N)cnc1-c1c(Cl)cc(Cl)cc1Cl. The number of benzene rings is 1. The number of pyridine rings is 1. The van der Waals surface area contributed by atoms with Crippen LogP contribution in [0.15, 0.2) is 24.4 Å². The molecule has 0 spiro atoms. The van der Waals surface area contributed by atoms with Crippen LogP contribution in [0.5, 0.6) is 0 Å². The lowest BCUT2D eigenvalue weighted by molar-refractivity contribution is 1.30. The maximum Gasteiger partial charge on any atom is 0.102 e. The van der Waals surface area contributed by atoms with E-state index >= 15 is 0 Å². The van der Waals surface area contributed by atoms with Gasteiger partial charge in [0.2, 0.25) is 0 Å². The van der Waals surface area contributed by atoms with Crippen LogP contribution in [0.25, 0.3) is 11.3 Å². The van der Waals surface area contributed by atoms with Gasteiger partial charge in [-0.2, -0.15) is 5.26 Å². The Hall–Kier alpha value is -1.47. The van der Waals surface area contributed by atoms with E-state index in [1.54, 1.807) is 12.1 Å². The summed E-state index contributed by atoms with van der Waals surface area (Å²) in [6.45, 7) is 0. The van der Waals surface area contributed by atoms with Crippen LogP contribution in [0.4, 0.5) is 5.69 Å². The van der Waals surface area contributed by atoms with Gasteiger partial charge >= 0.3 is 0 Å². The van der Waals surface area contributed by atoms with Crippen molar-refractivity contribution in [3.63, 3.8) is 0 Å². The molecule has 2 aromatic rings. The number of anilines is 1. The van der Waals surface area contributed by atoms with Crippen molar-refractivity contribution < 1.29 is 0 Å². The predicted octanol–water partition coefficient (Wildman–Crippen LogP) is 4.16. The molecule has 1 aromatic carbocycles. The van der Waals surface area contributed by atoms with E-state index in [0.29, 0.717) is 37.6 Å². The Balaban J connectivity index is 2.74. The van der Waals surface area contributed by atoms with Gasteiger partial charge < -0.3 is 5.73 Å². The number of hydrogen-bond acceptors (Lipinski definition) is 3. The monoisotopic (exact) mass is 297 g/mol. The van der Waals surface area contributed by atoms with E-state index in [1.807, 2.05) is 6.07 Å². The van der Waals surface area contributed by atoms with Gasteiger partial charge in [0.1, 0.15) is 6.07 Å². The first kappa shape index (κ1) is 13.0. The number of aromatic nitrogens is 1. The van der Waals surface area contributed by atoms with Crippen LogP contribution in [0.3, 0.4) is 0 Å². The van der Waals surface area contributed by atoms with Gasteiger partial charge in [0, 0.05) is 10.6 Å². The second-order valence-electron chi connectivity index (χ2n) is 3.52. The normalized spacial score (nSPS) is 10.1. The zero-order valence-electron chi connectivity index (χ0n) is 8.92. The van der Waals surface area contributed by atoms with Crippen molar-refractivity contribution in [2.24, 2.45) is 0 Å². The number of nitrogen functional groups attached to an aromatic ring is 1. The number of nitriles is 1. The summed E-state index contributed by atoms with van der Waals surface area (Å²) in [5, 5.41) is 10.2. The molecule has 0 aliphatic carbocycles. The summed E-state index contributed by atoms with van der Waals surface area (Å²) in [5.41, 5.74) is 7.15. The minimum Gasteiger partial charge on any atom is -0.397 e. The van der Waals surface area contributed by atoms with Gasteiger partial charge in [-0.3, -0.25) is 4.98 Å². The fraction of sp³-hybridized carbons (Fsp3) is 0. The molecule has 0 saturated carbocycles. The maximum absolute atomic E-state index is 9.08. The Kier molecular flexibility index (Phi) is 3.63. The van der Waals surface area contributed by atoms with Gasteiger partial charge in [-0.05, 0) is 18.2 Å². The Labute approximate surface area is 119 Å². The molecule has 2 rings (SSSR count). The highest BCUT2D eigenvalue weighted by Crippen LogP contribution is 2.37. The minimum absolute atomic E-state index is 0.307. The highest BCUT2D eigenvalue weighted by Gasteiger charge is 2.15. The molecule has 0 aliphatic rings. The van der Waals surface area contributed by atoms with Gasteiger partial charge in [0.05, 0.1) is 33.2 Å². The molecule has 2 N–H and O–H groups in total. The van der Waals surface area contributed by atoms with Gasteiger partial charge in [0.15, 0.2) is 0 Å². The number of hydrogen-bond donors (Lipinski definition) is 1. The third-order valence-electron chi connectivity index (χ3n) is 2.27. The molecule has 18 heavy (non-hydrogen) atoms. The van der Waals surface area contributed by atoms with E-state index in [2.05, 4.69) is 4.98 Å². The van der Waals surface area contributed by atoms with E-state index < -0.39 is 0 Å². The first-order chi connectivity index (χ1) is 8.52. The summed E-state index contributed by atoms with van der Waals surface area (Å²) in [6.07, 6.45) is 1.44. The third kappa shape index (κ3) is 2.37. The van der Waals surface area contributed by atoms with Crippen LogP contribution < -0.4 is 5.73 Å². The van der Waals surface area contributed by atoms with E-state index in [4.69, 9.17) is 45.8 Å². The first-order valence-electron chi connectivity index (χ1n) is 4.83. The van der Waals surface area contributed by atoms with E-state index in [-0.39, 0.29) is 0 Å². The molecular weight excluding hydrogens is 293 g/mol. The smallest absolute Gasteiger partial charge is 0.102 e.